The summed E-state index contributed by atoms with van der Waals surface area (Å²) in [6.45, 7) is 1.41. The number of aliphatic carboxylic acids is 1. The third-order valence-electron chi connectivity index (χ3n) is 2.95. The van der Waals surface area contributed by atoms with E-state index < -0.39 is 17.9 Å². The first kappa shape index (κ1) is 17.4. The number of anilines is 1. The van der Waals surface area contributed by atoms with Crippen molar-refractivity contribution in [1.82, 2.24) is 0 Å². The molecule has 1 aromatic carbocycles. The molecular weight excluding hydrogens is 294 g/mol. The Morgan fingerprint density at radius 2 is 2.05 bits per heavy atom. The van der Waals surface area contributed by atoms with Gasteiger partial charge in [-0.2, -0.15) is 0 Å². The lowest BCUT2D eigenvalue weighted by Gasteiger charge is -2.17. The standard InChI is InChI=1S/C14H20ClN3O3/c1-18(2)8-7-16-12(14(20)21)9-13(19)17-11-6-4-3-5-10(11)15/h3-6,12,16H,7-9H2,1-2H3,(H,17,19)(H,20,21)/p+1/t12-/m0/s1. The van der Waals surface area contributed by atoms with Crippen LogP contribution in [0.2, 0.25) is 5.02 Å². The molecule has 0 saturated heterocycles. The number of amides is 1. The first-order valence-electron chi connectivity index (χ1n) is 6.77. The summed E-state index contributed by atoms with van der Waals surface area (Å²) < 4.78 is 0. The minimum absolute atomic E-state index is 0.156. The van der Waals surface area contributed by atoms with Crippen LogP contribution in [0.4, 0.5) is 5.69 Å². The lowest BCUT2D eigenvalue weighted by atomic mass is 10.2. The van der Waals surface area contributed by atoms with Crippen molar-refractivity contribution in [2.45, 2.75) is 12.5 Å². The maximum Gasteiger partial charge on any atom is 0.230 e. The maximum atomic E-state index is 11.9. The topological polar surface area (TPSA) is 90.3 Å². The number of benzene rings is 1. The molecule has 0 spiro atoms. The molecule has 4 N–H and O–H groups in total. The van der Waals surface area contributed by atoms with E-state index in [9.17, 15) is 14.7 Å². The van der Waals surface area contributed by atoms with Gasteiger partial charge in [-0.3, -0.25) is 4.79 Å². The van der Waals surface area contributed by atoms with Gasteiger partial charge in [0, 0.05) is 0 Å². The second-order valence-corrected chi connectivity index (χ2v) is 5.55. The van der Waals surface area contributed by atoms with Gasteiger partial charge in [-0.25, -0.2) is 0 Å². The Morgan fingerprint density at radius 1 is 1.38 bits per heavy atom. The highest BCUT2D eigenvalue weighted by molar-refractivity contribution is 6.33. The number of likely N-dealkylation sites (N-methyl/N-ethyl adjacent to an activating group) is 1. The molecule has 1 amide bonds. The number of nitrogens with one attached hydrogen (secondary N) is 2. The first-order valence-corrected chi connectivity index (χ1v) is 7.15. The largest absolute Gasteiger partial charge is 0.544 e. The van der Waals surface area contributed by atoms with E-state index in [2.05, 4.69) is 5.32 Å². The minimum atomic E-state index is -1.24. The number of para-hydroxylation sites is 1. The molecule has 7 heteroatoms. The highest BCUT2D eigenvalue weighted by Gasteiger charge is 2.19. The number of carboxylic acids is 1. The fourth-order valence-corrected chi connectivity index (χ4v) is 1.98. The Labute approximate surface area is 129 Å². The summed E-state index contributed by atoms with van der Waals surface area (Å²) in [6.07, 6.45) is -0.156. The monoisotopic (exact) mass is 314 g/mol. The quantitative estimate of drug-likeness (QED) is 0.495. The summed E-state index contributed by atoms with van der Waals surface area (Å²) in [5, 5.41) is 15.7. The van der Waals surface area contributed by atoms with Crippen LogP contribution >= 0.6 is 11.6 Å². The third kappa shape index (κ3) is 6.57. The molecule has 116 valence electrons. The zero-order valence-corrected chi connectivity index (χ0v) is 12.9. The summed E-state index contributed by atoms with van der Waals surface area (Å²) in [6, 6.07) is 5.90. The predicted octanol–water partition coefficient (Wildman–Crippen LogP) is -2.50. The Hall–Kier alpha value is -1.63. The Balaban J connectivity index is 2.53. The maximum absolute atomic E-state index is 11.9. The van der Waals surface area contributed by atoms with Crippen LogP contribution in [0.25, 0.3) is 0 Å². The SMILES string of the molecule is C[NH+](C)CC[NH2+][C@@H](CC(=O)Nc1ccccc1Cl)C(=O)[O-]. The summed E-state index contributed by atoms with van der Waals surface area (Å²) in [5.74, 6) is -1.64. The molecule has 0 aromatic heterocycles. The third-order valence-corrected chi connectivity index (χ3v) is 3.28. The van der Waals surface area contributed by atoms with E-state index in [1.165, 1.54) is 4.90 Å². The van der Waals surface area contributed by atoms with E-state index in [0.29, 0.717) is 17.3 Å². The predicted molar refractivity (Wildman–Crippen MR) is 78.0 cm³/mol. The number of nitrogens with two attached hydrogens (primary N) is 1. The van der Waals surface area contributed by atoms with Gasteiger partial charge in [0.15, 0.2) is 0 Å². The van der Waals surface area contributed by atoms with E-state index in [1.54, 1.807) is 29.6 Å². The van der Waals surface area contributed by atoms with Gasteiger partial charge in [-0.05, 0) is 12.1 Å². The molecular formula is C14H21ClN3O3+. The molecule has 0 aliphatic rings. The average molecular weight is 315 g/mol. The summed E-state index contributed by atoms with van der Waals surface area (Å²) in [5.41, 5.74) is 0.471. The molecule has 1 rings (SSSR count). The van der Waals surface area contributed by atoms with E-state index in [4.69, 9.17) is 11.6 Å². The molecule has 0 aliphatic carbocycles. The highest BCUT2D eigenvalue weighted by atomic mass is 35.5. The Morgan fingerprint density at radius 3 is 2.62 bits per heavy atom. The molecule has 1 atom stereocenters. The number of quaternary nitrogens is 2. The van der Waals surface area contributed by atoms with Crippen molar-refractivity contribution in [3.63, 3.8) is 0 Å². The van der Waals surface area contributed by atoms with Crippen molar-refractivity contribution >= 4 is 29.2 Å². The number of carbonyl (C=O) groups excluding carboxylic acids is 2. The number of carbonyl (C=O) groups is 2. The number of halogens is 1. The number of hydrogen-bond donors (Lipinski definition) is 3. The second kappa shape index (κ2) is 8.61. The van der Waals surface area contributed by atoms with E-state index in [0.717, 1.165) is 6.54 Å². The molecule has 0 fully saturated rings. The fourth-order valence-electron chi connectivity index (χ4n) is 1.80. The lowest BCUT2D eigenvalue weighted by molar-refractivity contribution is -0.876. The zero-order valence-electron chi connectivity index (χ0n) is 12.2. The van der Waals surface area contributed by atoms with Crippen LogP contribution in [0.15, 0.2) is 24.3 Å². The molecule has 0 saturated carbocycles. The molecule has 1 aromatic rings. The van der Waals surface area contributed by atoms with Gasteiger partial charge in [0.25, 0.3) is 0 Å². The van der Waals surface area contributed by atoms with Crippen LogP contribution in [0.3, 0.4) is 0 Å². The number of carboxylic acid groups (broad SMARTS) is 1. The van der Waals surface area contributed by atoms with Crippen molar-refractivity contribution in [3.05, 3.63) is 29.3 Å². The smallest absolute Gasteiger partial charge is 0.230 e. The van der Waals surface area contributed by atoms with Gasteiger partial charge in [0.05, 0.1) is 37.2 Å². The van der Waals surface area contributed by atoms with Crippen LogP contribution in [0, 0.1) is 0 Å². The molecule has 0 radical (unpaired) electrons. The molecule has 0 unspecified atom stereocenters. The van der Waals surface area contributed by atoms with Gasteiger partial charge < -0.3 is 25.4 Å². The highest BCUT2D eigenvalue weighted by Crippen LogP contribution is 2.20. The molecule has 0 heterocycles. The number of rotatable bonds is 8. The van der Waals surface area contributed by atoms with Gasteiger partial charge in [0.2, 0.25) is 5.91 Å². The first-order chi connectivity index (χ1) is 9.90. The minimum Gasteiger partial charge on any atom is -0.544 e. The lowest BCUT2D eigenvalue weighted by Crippen LogP contribution is -3.10. The zero-order chi connectivity index (χ0) is 15.8. The van der Waals surface area contributed by atoms with Crippen LogP contribution in [0.5, 0.6) is 0 Å². The van der Waals surface area contributed by atoms with Crippen molar-refractivity contribution < 1.29 is 24.9 Å². The van der Waals surface area contributed by atoms with E-state index in [1.807, 2.05) is 14.1 Å². The summed E-state index contributed by atoms with van der Waals surface area (Å²) >= 11 is 5.93. The van der Waals surface area contributed by atoms with Crippen LogP contribution < -0.4 is 20.6 Å². The molecule has 0 aliphatic heterocycles. The van der Waals surface area contributed by atoms with Crippen molar-refractivity contribution in [1.29, 1.82) is 0 Å². The summed E-state index contributed by atoms with van der Waals surface area (Å²) in [7, 11) is 3.96. The second-order valence-electron chi connectivity index (χ2n) is 5.14. The molecule has 6 nitrogen and oxygen atoms in total. The van der Waals surface area contributed by atoms with Gasteiger partial charge in [0.1, 0.15) is 19.1 Å². The van der Waals surface area contributed by atoms with Gasteiger partial charge >= 0.3 is 0 Å². The van der Waals surface area contributed by atoms with E-state index in [-0.39, 0.29) is 6.42 Å². The van der Waals surface area contributed by atoms with Crippen LogP contribution in [-0.4, -0.2) is 45.1 Å². The van der Waals surface area contributed by atoms with Crippen molar-refractivity contribution in [2.24, 2.45) is 0 Å². The van der Waals surface area contributed by atoms with Gasteiger partial charge in [-0.15, -0.1) is 0 Å². The Kier molecular flexibility index (Phi) is 7.14. The fraction of sp³-hybridized carbons (Fsp3) is 0.429. The van der Waals surface area contributed by atoms with Crippen LogP contribution in [0.1, 0.15) is 6.42 Å². The van der Waals surface area contributed by atoms with Crippen molar-refractivity contribution in [2.75, 3.05) is 32.5 Å². The normalized spacial score (nSPS) is 12.2. The average Bonchev–Trinajstić information content (AvgIpc) is 2.39. The van der Waals surface area contributed by atoms with E-state index >= 15 is 0 Å². The van der Waals surface area contributed by atoms with Crippen LogP contribution in [-0.2, 0) is 9.59 Å². The molecule has 0 bridgehead atoms. The number of hydrogen-bond acceptors (Lipinski definition) is 3. The van der Waals surface area contributed by atoms with Gasteiger partial charge in [-0.1, -0.05) is 23.7 Å². The van der Waals surface area contributed by atoms with Crippen molar-refractivity contribution in [3.8, 4) is 0 Å². The Bertz CT molecular complexity index is 494. The molecule has 21 heavy (non-hydrogen) atoms. The summed E-state index contributed by atoms with van der Waals surface area (Å²) in [4.78, 5) is 24.2.